The third-order valence-electron chi connectivity index (χ3n) is 2.82. The van der Waals surface area contributed by atoms with Gasteiger partial charge in [-0.25, -0.2) is 9.59 Å². The monoisotopic (exact) mass is 402 g/mol. The number of carbonyl (C=O) groups is 2. The lowest BCUT2D eigenvalue weighted by molar-refractivity contribution is -0.205. The highest BCUT2D eigenvalue weighted by Gasteiger charge is 2.64. The maximum atomic E-state index is 13.7. The van der Waals surface area contributed by atoms with Gasteiger partial charge in [0.05, 0.1) is 23.3 Å². The van der Waals surface area contributed by atoms with Gasteiger partial charge < -0.3 is 14.8 Å². The SMILES string of the molecule is CCOC(=O)NC(Nc1ccc(Cl)c(Cl)c1)(C(=O)OCC)C(F)(F)F. The summed E-state index contributed by atoms with van der Waals surface area (Å²) in [6.45, 7) is 2.17. The Morgan fingerprint density at radius 3 is 2.16 bits per heavy atom. The molecule has 0 fully saturated rings. The highest BCUT2D eigenvalue weighted by molar-refractivity contribution is 6.42. The maximum absolute atomic E-state index is 13.7. The average molecular weight is 403 g/mol. The first-order chi connectivity index (χ1) is 11.6. The van der Waals surface area contributed by atoms with E-state index in [1.54, 1.807) is 0 Å². The van der Waals surface area contributed by atoms with Crippen molar-refractivity contribution in [1.82, 2.24) is 5.32 Å². The zero-order valence-electron chi connectivity index (χ0n) is 13.2. The van der Waals surface area contributed by atoms with Crippen LogP contribution in [0.15, 0.2) is 18.2 Å². The molecule has 0 radical (unpaired) electrons. The Morgan fingerprint density at radius 1 is 1.08 bits per heavy atom. The van der Waals surface area contributed by atoms with Gasteiger partial charge in [-0.3, -0.25) is 5.32 Å². The van der Waals surface area contributed by atoms with Crippen LogP contribution in [0.4, 0.5) is 23.7 Å². The molecule has 1 amide bonds. The summed E-state index contributed by atoms with van der Waals surface area (Å²) < 4.78 is 50.1. The average Bonchev–Trinajstić information content (AvgIpc) is 2.49. The summed E-state index contributed by atoms with van der Waals surface area (Å²) in [6.07, 6.45) is -6.72. The molecule has 1 unspecified atom stereocenters. The van der Waals surface area contributed by atoms with E-state index in [2.05, 4.69) is 9.47 Å². The number of alkyl carbamates (subject to hydrolysis) is 1. The van der Waals surface area contributed by atoms with E-state index >= 15 is 0 Å². The normalized spacial score (nSPS) is 13.6. The van der Waals surface area contributed by atoms with Crippen LogP contribution >= 0.6 is 23.2 Å². The van der Waals surface area contributed by atoms with Crippen molar-refractivity contribution in [3.05, 3.63) is 28.2 Å². The predicted octanol–water partition coefficient (Wildman–Crippen LogP) is 3.97. The summed E-state index contributed by atoms with van der Waals surface area (Å²) in [4.78, 5) is 23.7. The molecule has 1 rings (SSSR count). The molecule has 1 aromatic rings. The molecule has 0 spiro atoms. The van der Waals surface area contributed by atoms with Gasteiger partial charge in [0.25, 0.3) is 0 Å². The van der Waals surface area contributed by atoms with E-state index in [1.165, 1.54) is 25.2 Å². The van der Waals surface area contributed by atoms with Crippen LogP contribution in [0.3, 0.4) is 0 Å². The zero-order valence-corrected chi connectivity index (χ0v) is 14.7. The molecule has 1 aromatic carbocycles. The van der Waals surface area contributed by atoms with E-state index in [1.807, 2.05) is 5.32 Å². The number of halogens is 5. The van der Waals surface area contributed by atoms with Crippen LogP contribution < -0.4 is 10.6 Å². The fraction of sp³-hybridized carbons (Fsp3) is 0.429. The lowest BCUT2D eigenvalue weighted by Crippen LogP contribution is -2.69. The van der Waals surface area contributed by atoms with E-state index in [9.17, 15) is 22.8 Å². The smallest absolute Gasteiger partial charge is 0.442 e. The van der Waals surface area contributed by atoms with Gasteiger partial charge >= 0.3 is 23.9 Å². The molecule has 140 valence electrons. The van der Waals surface area contributed by atoms with Crippen LogP contribution in [0.5, 0.6) is 0 Å². The molecule has 0 heterocycles. The van der Waals surface area contributed by atoms with Crippen LogP contribution in [-0.2, 0) is 14.3 Å². The van der Waals surface area contributed by atoms with Gasteiger partial charge in [-0.2, -0.15) is 13.2 Å². The number of nitrogens with one attached hydrogen (secondary N) is 2. The Hall–Kier alpha value is -1.87. The number of esters is 1. The summed E-state index contributed by atoms with van der Waals surface area (Å²) in [5, 5.41) is 3.45. The van der Waals surface area contributed by atoms with Crippen molar-refractivity contribution in [1.29, 1.82) is 0 Å². The van der Waals surface area contributed by atoms with Gasteiger partial charge in [0, 0.05) is 5.69 Å². The molecule has 25 heavy (non-hydrogen) atoms. The second kappa shape index (κ2) is 8.48. The lowest BCUT2D eigenvalue weighted by Gasteiger charge is -2.34. The first kappa shape index (κ1) is 21.2. The molecule has 0 bridgehead atoms. The first-order valence-electron chi connectivity index (χ1n) is 6.99. The number of carbonyl (C=O) groups excluding carboxylic acids is 2. The Kier molecular flexibility index (Phi) is 7.18. The summed E-state index contributed by atoms with van der Waals surface area (Å²) in [5.74, 6) is -1.76. The molecule has 11 heteroatoms. The van der Waals surface area contributed by atoms with Crippen molar-refractivity contribution in [3.8, 4) is 0 Å². The maximum Gasteiger partial charge on any atom is 0.442 e. The van der Waals surface area contributed by atoms with Crippen LogP contribution in [0.25, 0.3) is 0 Å². The standard InChI is InChI=1S/C14H15Cl2F3N2O4/c1-3-24-11(22)13(14(17,18)19,21-12(23)25-4-2)20-8-5-6-9(15)10(16)7-8/h5-7,20H,3-4H2,1-2H3,(H,21,23). The van der Waals surface area contributed by atoms with E-state index in [0.29, 0.717) is 0 Å². The molecule has 1 atom stereocenters. The number of amides is 1. The van der Waals surface area contributed by atoms with Crippen LogP contribution in [-0.4, -0.2) is 37.1 Å². The van der Waals surface area contributed by atoms with Crippen LogP contribution in [0, 0.1) is 0 Å². The molecule has 0 aliphatic rings. The molecule has 0 aliphatic heterocycles. The number of ether oxygens (including phenoxy) is 2. The molecule has 0 aliphatic carbocycles. The summed E-state index contributed by atoms with van der Waals surface area (Å²) in [5.41, 5.74) is -3.80. The van der Waals surface area contributed by atoms with E-state index in [4.69, 9.17) is 23.2 Å². The summed E-state index contributed by atoms with van der Waals surface area (Å²) in [6, 6.07) is 3.44. The minimum absolute atomic E-state index is 0.0530. The van der Waals surface area contributed by atoms with E-state index in [-0.39, 0.29) is 28.9 Å². The number of alkyl halides is 3. The molecular formula is C14H15Cl2F3N2O4. The quantitative estimate of drug-likeness (QED) is 0.555. The molecule has 0 aromatic heterocycles. The molecule has 2 N–H and O–H groups in total. The molecule has 6 nitrogen and oxygen atoms in total. The van der Waals surface area contributed by atoms with Crippen molar-refractivity contribution < 1.29 is 32.2 Å². The van der Waals surface area contributed by atoms with Gasteiger partial charge in [-0.05, 0) is 32.0 Å². The van der Waals surface area contributed by atoms with Gasteiger partial charge in [0.1, 0.15) is 0 Å². The van der Waals surface area contributed by atoms with Crippen molar-refractivity contribution in [2.24, 2.45) is 0 Å². The Labute approximate surface area is 151 Å². The second-order valence-corrected chi connectivity index (χ2v) is 5.38. The van der Waals surface area contributed by atoms with Crippen molar-refractivity contribution in [2.45, 2.75) is 25.7 Å². The summed E-state index contributed by atoms with van der Waals surface area (Å²) >= 11 is 11.5. The van der Waals surface area contributed by atoms with E-state index in [0.717, 1.165) is 12.1 Å². The number of hydrogen-bond acceptors (Lipinski definition) is 5. The Bertz CT molecular complexity index is 643. The minimum Gasteiger partial charge on any atom is -0.463 e. The zero-order chi connectivity index (χ0) is 19.3. The van der Waals surface area contributed by atoms with Gasteiger partial charge in [0.2, 0.25) is 0 Å². The minimum atomic E-state index is -5.27. The first-order valence-corrected chi connectivity index (χ1v) is 7.75. The third-order valence-corrected chi connectivity index (χ3v) is 3.56. The number of rotatable bonds is 6. The van der Waals surface area contributed by atoms with Crippen molar-refractivity contribution in [3.63, 3.8) is 0 Å². The summed E-state index contributed by atoms with van der Waals surface area (Å²) in [7, 11) is 0. The predicted molar refractivity (Wildman–Crippen MR) is 85.7 cm³/mol. The topological polar surface area (TPSA) is 76.7 Å². The van der Waals surface area contributed by atoms with Gasteiger partial charge in [-0.15, -0.1) is 0 Å². The molecular weight excluding hydrogens is 388 g/mol. The fourth-order valence-electron chi connectivity index (χ4n) is 1.74. The van der Waals surface area contributed by atoms with Crippen LogP contribution in [0.1, 0.15) is 13.8 Å². The number of benzene rings is 1. The highest BCUT2D eigenvalue weighted by Crippen LogP contribution is 2.35. The number of hydrogen-bond donors (Lipinski definition) is 2. The highest BCUT2D eigenvalue weighted by atomic mass is 35.5. The number of anilines is 1. The second-order valence-electron chi connectivity index (χ2n) is 4.57. The molecule has 0 saturated heterocycles. The van der Waals surface area contributed by atoms with Crippen LogP contribution in [0.2, 0.25) is 10.0 Å². The largest absolute Gasteiger partial charge is 0.463 e. The fourth-order valence-corrected chi connectivity index (χ4v) is 2.04. The van der Waals surface area contributed by atoms with Gasteiger partial charge in [0.15, 0.2) is 0 Å². The Balaban J connectivity index is 3.37. The lowest BCUT2D eigenvalue weighted by atomic mass is 10.1. The van der Waals surface area contributed by atoms with Gasteiger partial charge in [-0.1, -0.05) is 23.2 Å². The van der Waals surface area contributed by atoms with E-state index < -0.39 is 23.9 Å². The molecule has 0 saturated carbocycles. The van der Waals surface area contributed by atoms with Crippen molar-refractivity contribution in [2.75, 3.05) is 18.5 Å². The Morgan fingerprint density at radius 2 is 1.68 bits per heavy atom. The third kappa shape index (κ3) is 5.05. The van der Waals surface area contributed by atoms with Crippen molar-refractivity contribution >= 4 is 41.0 Å².